The fraction of sp³-hybridized carbons (Fsp3) is 0.615. The number of piperidine rings is 1. The van der Waals surface area contributed by atoms with Gasteiger partial charge in [-0.15, -0.1) is 0 Å². The van der Waals surface area contributed by atoms with Crippen LogP contribution in [-0.2, 0) is 6.18 Å². The number of nitrogens with two attached hydrogens (primary N) is 1. The van der Waals surface area contributed by atoms with Crippen LogP contribution in [0.1, 0.15) is 24.8 Å². The summed E-state index contributed by atoms with van der Waals surface area (Å²) in [4.78, 5) is 6.28. The summed E-state index contributed by atoms with van der Waals surface area (Å²) >= 11 is 0. The third-order valence-corrected chi connectivity index (χ3v) is 3.48. The molecule has 2 heterocycles. The molecule has 0 aliphatic carbocycles. The Morgan fingerprint density at radius 2 is 1.81 bits per heavy atom. The van der Waals surface area contributed by atoms with Gasteiger partial charge in [0.05, 0.1) is 5.56 Å². The summed E-state index contributed by atoms with van der Waals surface area (Å²) < 4.78 is 38.3. The molecule has 0 radical (unpaired) electrons. The van der Waals surface area contributed by atoms with Gasteiger partial charge in [0.2, 0.25) is 0 Å². The number of nitrogens with one attached hydrogen (secondary N) is 2. The van der Waals surface area contributed by atoms with Crippen molar-refractivity contribution < 1.29 is 13.2 Å². The summed E-state index contributed by atoms with van der Waals surface area (Å²) in [5.41, 5.74) is 1.39. The van der Waals surface area contributed by atoms with Crippen molar-refractivity contribution in [1.82, 2.24) is 9.88 Å². The van der Waals surface area contributed by atoms with Crippen molar-refractivity contribution in [3.05, 3.63) is 17.7 Å². The molecular weight excluding hydrogens is 283 g/mol. The Bertz CT molecular complexity index is 458. The molecule has 0 bridgehead atoms. The molecule has 1 aliphatic heterocycles. The van der Waals surface area contributed by atoms with Gasteiger partial charge in [0.25, 0.3) is 0 Å². The van der Waals surface area contributed by atoms with Crippen molar-refractivity contribution >= 4 is 11.6 Å². The van der Waals surface area contributed by atoms with E-state index < -0.39 is 11.7 Å². The number of anilines is 2. The average Bonchev–Trinajstić information content (AvgIpc) is 2.47. The SMILES string of the molecule is NNc1cc(C(F)(F)F)cc(NCCN2CCCCC2)n1. The molecule has 0 amide bonds. The van der Waals surface area contributed by atoms with Gasteiger partial charge in [-0.05, 0) is 38.1 Å². The van der Waals surface area contributed by atoms with E-state index in [1.807, 2.05) is 0 Å². The maximum atomic E-state index is 12.8. The van der Waals surface area contributed by atoms with Gasteiger partial charge in [0.15, 0.2) is 0 Å². The summed E-state index contributed by atoms with van der Waals surface area (Å²) in [6, 6.07) is 1.88. The van der Waals surface area contributed by atoms with Gasteiger partial charge in [0.1, 0.15) is 11.6 Å². The van der Waals surface area contributed by atoms with Crippen LogP contribution in [0.3, 0.4) is 0 Å². The average molecular weight is 303 g/mol. The minimum Gasteiger partial charge on any atom is -0.369 e. The number of pyridine rings is 1. The van der Waals surface area contributed by atoms with Crippen LogP contribution in [-0.4, -0.2) is 36.1 Å². The van der Waals surface area contributed by atoms with E-state index in [4.69, 9.17) is 5.84 Å². The Labute approximate surface area is 121 Å². The van der Waals surface area contributed by atoms with Crippen LogP contribution in [0.5, 0.6) is 0 Å². The maximum Gasteiger partial charge on any atom is 0.416 e. The first-order chi connectivity index (χ1) is 9.99. The third kappa shape index (κ3) is 4.75. The van der Waals surface area contributed by atoms with Crippen molar-refractivity contribution in [3.8, 4) is 0 Å². The van der Waals surface area contributed by atoms with E-state index in [0.29, 0.717) is 6.54 Å². The Morgan fingerprint density at radius 1 is 1.14 bits per heavy atom. The van der Waals surface area contributed by atoms with E-state index in [-0.39, 0.29) is 11.6 Å². The number of rotatable bonds is 5. The standard InChI is InChI=1S/C13H20F3N5/c14-13(15,16)10-8-11(19-12(9-10)20-17)18-4-7-21-5-2-1-3-6-21/h8-9H,1-7,17H2,(H2,18,19,20). The van der Waals surface area contributed by atoms with Gasteiger partial charge in [0, 0.05) is 13.1 Å². The van der Waals surface area contributed by atoms with Crippen LogP contribution in [0.15, 0.2) is 12.1 Å². The summed E-state index contributed by atoms with van der Waals surface area (Å²) in [5.74, 6) is 5.33. The third-order valence-electron chi connectivity index (χ3n) is 3.48. The molecule has 1 aromatic rings. The smallest absolute Gasteiger partial charge is 0.369 e. The number of halogens is 3. The second-order valence-electron chi connectivity index (χ2n) is 5.10. The molecule has 0 aromatic carbocycles. The number of aromatic nitrogens is 1. The van der Waals surface area contributed by atoms with Gasteiger partial charge >= 0.3 is 6.18 Å². The Balaban J connectivity index is 1.95. The molecular formula is C13H20F3N5. The van der Waals surface area contributed by atoms with Crippen LogP contribution in [0.4, 0.5) is 24.8 Å². The highest BCUT2D eigenvalue weighted by molar-refractivity contribution is 5.49. The molecule has 1 fully saturated rings. The second-order valence-corrected chi connectivity index (χ2v) is 5.10. The summed E-state index contributed by atoms with van der Waals surface area (Å²) in [5, 5.41) is 2.93. The zero-order chi connectivity index (χ0) is 15.3. The van der Waals surface area contributed by atoms with Gasteiger partial charge in [-0.2, -0.15) is 13.2 Å². The van der Waals surface area contributed by atoms with Crippen LogP contribution in [0, 0.1) is 0 Å². The normalized spacial score (nSPS) is 16.8. The van der Waals surface area contributed by atoms with Crippen molar-refractivity contribution in [2.75, 3.05) is 36.9 Å². The summed E-state index contributed by atoms with van der Waals surface area (Å²) in [7, 11) is 0. The van der Waals surface area contributed by atoms with E-state index in [1.165, 1.54) is 19.3 Å². The molecule has 2 rings (SSSR count). The second kappa shape index (κ2) is 6.95. The van der Waals surface area contributed by atoms with E-state index in [0.717, 1.165) is 31.8 Å². The van der Waals surface area contributed by atoms with E-state index in [1.54, 1.807) is 0 Å². The van der Waals surface area contributed by atoms with Gasteiger partial charge < -0.3 is 15.6 Å². The van der Waals surface area contributed by atoms with Crippen LogP contribution < -0.4 is 16.6 Å². The largest absolute Gasteiger partial charge is 0.416 e. The zero-order valence-electron chi connectivity index (χ0n) is 11.7. The molecule has 4 N–H and O–H groups in total. The van der Waals surface area contributed by atoms with Crippen LogP contribution in [0.2, 0.25) is 0 Å². The quantitative estimate of drug-likeness (QED) is 0.575. The molecule has 0 spiro atoms. The topological polar surface area (TPSA) is 66.2 Å². The number of hydrogen-bond donors (Lipinski definition) is 3. The van der Waals surface area contributed by atoms with E-state index in [2.05, 4.69) is 20.6 Å². The van der Waals surface area contributed by atoms with Crippen LogP contribution in [0.25, 0.3) is 0 Å². The Kier molecular flexibility index (Phi) is 5.24. The number of hydrogen-bond acceptors (Lipinski definition) is 5. The predicted octanol–water partition coefficient (Wildman–Crippen LogP) is 2.28. The predicted molar refractivity (Wildman–Crippen MR) is 75.8 cm³/mol. The minimum atomic E-state index is -4.42. The molecule has 0 atom stereocenters. The highest BCUT2D eigenvalue weighted by Gasteiger charge is 2.31. The number of alkyl halides is 3. The number of nitrogen functional groups attached to an aromatic ring is 1. The number of nitrogens with zero attached hydrogens (tertiary/aromatic N) is 2. The molecule has 5 nitrogen and oxygen atoms in total. The first kappa shape index (κ1) is 15.8. The Morgan fingerprint density at radius 3 is 2.43 bits per heavy atom. The molecule has 118 valence electrons. The van der Waals surface area contributed by atoms with Gasteiger partial charge in [-0.3, -0.25) is 0 Å². The highest BCUT2D eigenvalue weighted by atomic mass is 19.4. The van der Waals surface area contributed by atoms with Crippen molar-refractivity contribution in [2.24, 2.45) is 5.84 Å². The first-order valence-corrected chi connectivity index (χ1v) is 7.01. The molecule has 1 aliphatic rings. The lowest BCUT2D eigenvalue weighted by atomic mass is 10.1. The monoisotopic (exact) mass is 303 g/mol. The molecule has 0 saturated carbocycles. The maximum absolute atomic E-state index is 12.8. The molecule has 0 unspecified atom stereocenters. The lowest BCUT2D eigenvalue weighted by Crippen LogP contribution is -2.33. The fourth-order valence-corrected chi connectivity index (χ4v) is 2.38. The lowest BCUT2D eigenvalue weighted by Gasteiger charge is -2.26. The van der Waals surface area contributed by atoms with E-state index in [9.17, 15) is 13.2 Å². The summed E-state index contributed by atoms with van der Waals surface area (Å²) in [6.07, 6.45) is -0.797. The van der Waals surface area contributed by atoms with Crippen LogP contribution >= 0.6 is 0 Å². The summed E-state index contributed by atoms with van der Waals surface area (Å²) in [6.45, 7) is 3.45. The minimum absolute atomic E-state index is 0.00898. The number of hydrazine groups is 1. The molecule has 8 heteroatoms. The zero-order valence-corrected chi connectivity index (χ0v) is 11.7. The molecule has 21 heavy (non-hydrogen) atoms. The first-order valence-electron chi connectivity index (χ1n) is 7.01. The van der Waals surface area contributed by atoms with Crippen molar-refractivity contribution in [1.29, 1.82) is 0 Å². The molecule has 1 aromatic heterocycles. The molecule has 1 saturated heterocycles. The lowest BCUT2D eigenvalue weighted by molar-refractivity contribution is -0.137. The highest BCUT2D eigenvalue weighted by Crippen LogP contribution is 2.31. The van der Waals surface area contributed by atoms with Crippen molar-refractivity contribution in [3.63, 3.8) is 0 Å². The fourth-order valence-electron chi connectivity index (χ4n) is 2.38. The van der Waals surface area contributed by atoms with Gasteiger partial charge in [-0.1, -0.05) is 6.42 Å². The van der Waals surface area contributed by atoms with E-state index >= 15 is 0 Å². The van der Waals surface area contributed by atoms with Crippen molar-refractivity contribution in [2.45, 2.75) is 25.4 Å². The Hall–Kier alpha value is -1.54. The number of likely N-dealkylation sites (tertiary alicyclic amines) is 1. The van der Waals surface area contributed by atoms with Gasteiger partial charge in [-0.25, -0.2) is 10.8 Å².